The van der Waals surface area contributed by atoms with E-state index < -0.39 is 10.0 Å². The van der Waals surface area contributed by atoms with Gasteiger partial charge in [-0.15, -0.1) is 0 Å². The lowest BCUT2D eigenvalue weighted by Crippen LogP contribution is -2.43. The van der Waals surface area contributed by atoms with Crippen LogP contribution >= 0.6 is 11.6 Å². The Hall–Kier alpha value is -1.15. The average molecular weight is 389 g/mol. The van der Waals surface area contributed by atoms with E-state index in [-0.39, 0.29) is 16.7 Å². The second kappa shape index (κ2) is 8.98. The molecule has 0 bridgehead atoms. The van der Waals surface area contributed by atoms with E-state index in [4.69, 9.17) is 16.3 Å². The van der Waals surface area contributed by atoms with Gasteiger partial charge in [-0.2, -0.15) is 4.31 Å². The minimum absolute atomic E-state index is 0.0830. The maximum atomic E-state index is 12.7. The number of nitrogens with zero attached hydrogens (tertiary/aromatic N) is 2. The van der Waals surface area contributed by atoms with Crippen LogP contribution in [0.4, 0.5) is 0 Å². The molecule has 0 N–H and O–H groups in total. The van der Waals surface area contributed by atoms with Gasteiger partial charge in [0.25, 0.3) is 0 Å². The van der Waals surface area contributed by atoms with Crippen LogP contribution < -0.4 is 0 Å². The normalized spacial score (nSPS) is 16.8. The number of carbonyl (C=O) groups is 1. The van der Waals surface area contributed by atoms with Crippen LogP contribution in [0.3, 0.4) is 0 Å². The first-order chi connectivity index (χ1) is 11.9. The Morgan fingerprint density at radius 2 is 1.88 bits per heavy atom. The second-order valence-electron chi connectivity index (χ2n) is 6.24. The molecule has 0 atom stereocenters. The van der Waals surface area contributed by atoms with Gasteiger partial charge in [-0.3, -0.25) is 4.79 Å². The third kappa shape index (κ3) is 5.17. The van der Waals surface area contributed by atoms with E-state index in [0.717, 1.165) is 6.42 Å². The van der Waals surface area contributed by atoms with Gasteiger partial charge in [0.15, 0.2) is 0 Å². The van der Waals surface area contributed by atoms with Gasteiger partial charge in [-0.05, 0) is 43.5 Å². The third-order valence-electron chi connectivity index (χ3n) is 4.47. The average Bonchev–Trinajstić information content (AvgIpc) is 2.61. The van der Waals surface area contributed by atoms with Gasteiger partial charge in [-0.1, -0.05) is 11.6 Å². The minimum atomic E-state index is -3.53. The number of halogens is 1. The second-order valence-corrected chi connectivity index (χ2v) is 8.61. The molecule has 0 spiro atoms. The first-order valence-electron chi connectivity index (χ1n) is 8.36. The van der Waals surface area contributed by atoms with Crippen LogP contribution in [0, 0.1) is 5.92 Å². The SMILES string of the molecule is COCCCN(C)C(=O)C1CCN(S(=O)(=O)c2ccc(Cl)cc2)CC1. The van der Waals surface area contributed by atoms with Gasteiger partial charge in [0.05, 0.1) is 4.90 Å². The first-order valence-corrected chi connectivity index (χ1v) is 10.2. The largest absolute Gasteiger partial charge is 0.385 e. The number of piperidine rings is 1. The van der Waals surface area contributed by atoms with Crippen molar-refractivity contribution in [1.82, 2.24) is 9.21 Å². The van der Waals surface area contributed by atoms with Crippen molar-refractivity contribution in [3.05, 3.63) is 29.3 Å². The zero-order valence-electron chi connectivity index (χ0n) is 14.7. The number of benzene rings is 1. The van der Waals surface area contributed by atoms with Crippen LogP contribution in [-0.2, 0) is 19.6 Å². The van der Waals surface area contributed by atoms with E-state index in [9.17, 15) is 13.2 Å². The predicted molar refractivity (Wildman–Crippen MR) is 97.1 cm³/mol. The minimum Gasteiger partial charge on any atom is -0.385 e. The molecule has 1 heterocycles. The molecule has 8 heteroatoms. The summed E-state index contributed by atoms with van der Waals surface area (Å²) in [5, 5.41) is 0.500. The Bertz CT molecular complexity index is 670. The van der Waals surface area contributed by atoms with Crippen molar-refractivity contribution >= 4 is 27.5 Å². The van der Waals surface area contributed by atoms with Crippen molar-refractivity contribution < 1.29 is 17.9 Å². The van der Waals surface area contributed by atoms with Gasteiger partial charge in [0.1, 0.15) is 0 Å². The quantitative estimate of drug-likeness (QED) is 0.672. The van der Waals surface area contributed by atoms with Crippen LogP contribution in [0.5, 0.6) is 0 Å². The van der Waals surface area contributed by atoms with Crippen molar-refractivity contribution in [2.75, 3.05) is 40.4 Å². The van der Waals surface area contributed by atoms with Gasteiger partial charge < -0.3 is 9.64 Å². The number of methoxy groups -OCH3 is 1. The molecular formula is C17H25ClN2O4S. The number of ether oxygens (including phenoxy) is 1. The summed E-state index contributed by atoms with van der Waals surface area (Å²) in [7, 11) is -0.108. The van der Waals surface area contributed by atoms with Crippen LogP contribution in [0.25, 0.3) is 0 Å². The van der Waals surface area contributed by atoms with Gasteiger partial charge in [0.2, 0.25) is 15.9 Å². The highest BCUT2D eigenvalue weighted by Gasteiger charge is 2.33. The molecule has 1 amide bonds. The molecule has 0 unspecified atom stereocenters. The van der Waals surface area contributed by atoms with Crippen LogP contribution in [0.1, 0.15) is 19.3 Å². The van der Waals surface area contributed by atoms with E-state index in [0.29, 0.717) is 44.1 Å². The molecule has 0 radical (unpaired) electrons. The monoisotopic (exact) mass is 388 g/mol. The van der Waals surface area contributed by atoms with Gasteiger partial charge in [-0.25, -0.2) is 8.42 Å². The Morgan fingerprint density at radius 1 is 1.28 bits per heavy atom. The summed E-state index contributed by atoms with van der Waals surface area (Å²) in [4.78, 5) is 14.4. The molecule has 0 saturated carbocycles. The fraction of sp³-hybridized carbons (Fsp3) is 0.588. The summed E-state index contributed by atoms with van der Waals surface area (Å²) < 4.78 is 31.8. The summed E-state index contributed by atoms with van der Waals surface area (Å²) >= 11 is 5.82. The Kier molecular flexibility index (Phi) is 7.25. The molecule has 25 heavy (non-hydrogen) atoms. The van der Waals surface area contributed by atoms with Crippen LogP contribution in [0.15, 0.2) is 29.2 Å². The molecule has 2 rings (SSSR count). The molecule has 1 aromatic carbocycles. The Morgan fingerprint density at radius 3 is 2.44 bits per heavy atom. The highest BCUT2D eigenvalue weighted by atomic mass is 35.5. The maximum absolute atomic E-state index is 12.7. The number of amides is 1. The molecule has 1 fully saturated rings. The van der Waals surface area contributed by atoms with Crippen LogP contribution in [0.2, 0.25) is 5.02 Å². The highest BCUT2D eigenvalue weighted by molar-refractivity contribution is 7.89. The summed E-state index contributed by atoms with van der Waals surface area (Å²) in [6.07, 6.45) is 1.88. The van der Waals surface area contributed by atoms with E-state index in [1.54, 1.807) is 31.2 Å². The van der Waals surface area contributed by atoms with Crippen molar-refractivity contribution in [2.24, 2.45) is 5.92 Å². The molecule has 1 aliphatic rings. The zero-order valence-corrected chi connectivity index (χ0v) is 16.2. The lowest BCUT2D eigenvalue weighted by molar-refractivity contribution is -0.135. The van der Waals surface area contributed by atoms with Crippen molar-refractivity contribution in [3.8, 4) is 0 Å². The number of hydrogen-bond acceptors (Lipinski definition) is 4. The topological polar surface area (TPSA) is 66.9 Å². The fourth-order valence-electron chi connectivity index (χ4n) is 2.97. The van der Waals surface area contributed by atoms with Crippen molar-refractivity contribution in [2.45, 2.75) is 24.2 Å². The summed E-state index contributed by atoms with van der Waals surface area (Å²) in [5.74, 6) is -0.0381. The van der Waals surface area contributed by atoms with E-state index >= 15 is 0 Å². The molecule has 1 saturated heterocycles. The molecule has 1 aromatic rings. The Labute approximate surface area is 154 Å². The van der Waals surface area contributed by atoms with Crippen molar-refractivity contribution in [3.63, 3.8) is 0 Å². The standard InChI is InChI=1S/C17H25ClN2O4S/c1-19(10-3-13-24-2)17(21)14-8-11-20(12-9-14)25(22,23)16-6-4-15(18)5-7-16/h4-7,14H,3,8-13H2,1-2H3. The lowest BCUT2D eigenvalue weighted by Gasteiger charge is -2.32. The molecular weight excluding hydrogens is 364 g/mol. The summed E-state index contributed by atoms with van der Waals surface area (Å²) in [6, 6.07) is 6.16. The molecule has 6 nitrogen and oxygen atoms in total. The molecule has 0 aromatic heterocycles. The number of hydrogen-bond donors (Lipinski definition) is 0. The Balaban J connectivity index is 1.92. The third-order valence-corrected chi connectivity index (χ3v) is 6.64. The first kappa shape index (κ1) is 20.2. The highest BCUT2D eigenvalue weighted by Crippen LogP contribution is 2.25. The molecule has 0 aliphatic carbocycles. The maximum Gasteiger partial charge on any atom is 0.243 e. The van der Waals surface area contributed by atoms with E-state index in [2.05, 4.69) is 0 Å². The van der Waals surface area contributed by atoms with E-state index in [1.165, 1.54) is 16.4 Å². The number of sulfonamides is 1. The van der Waals surface area contributed by atoms with E-state index in [1.807, 2.05) is 0 Å². The molecule has 1 aliphatic heterocycles. The fourth-order valence-corrected chi connectivity index (χ4v) is 4.56. The smallest absolute Gasteiger partial charge is 0.243 e. The van der Waals surface area contributed by atoms with Gasteiger partial charge >= 0.3 is 0 Å². The van der Waals surface area contributed by atoms with Gasteiger partial charge in [0, 0.05) is 51.3 Å². The lowest BCUT2D eigenvalue weighted by atomic mass is 9.96. The summed E-state index contributed by atoms with van der Waals surface area (Å²) in [5.41, 5.74) is 0. The predicted octanol–water partition coefficient (Wildman–Crippen LogP) is 2.24. The number of carbonyl (C=O) groups excluding carboxylic acids is 1. The molecule has 140 valence electrons. The van der Waals surface area contributed by atoms with Crippen LogP contribution in [-0.4, -0.2) is 63.9 Å². The number of rotatable bonds is 7. The van der Waals surface area contributed by atoms with Crippen molar-refractivity contribution in [1.29, 1.82) is 0 Å². The zero-order chi connectivity index (χ0) is 18.4. The summed E-state index contributed by atoms with van der Waals surface area (Å²) in [6.45, 7) is 1.98.